The Hall–Kier alpha value is -1.95. The Balaban J connectivity index is 2.03. The van der Waals surface area contributed by atoms with E-state index in [1.165, 1.54) is 12.1 Å². The number of hydrogen-bond donors (Lipinski definition) is 2. The van der Waals surface area contributed by atoms with Crippen LogP contribution in [0.1, 0.15) is 11.3 Å². The Kier molecular flexibility index (Phi) is 4.34. The van der Waals surface area contributed by atoms with Crippen molar-refractivity contribution in [2.24, 2.45) is 0 Å². The number of nitrogens with zero attached hydrogens (tertiary/aromatic N) is 2. The largest absolute Gasteiger partial charge is 0.394 e. The number of benzene rings is 1. The first-order chi connectivity index (χ1) is 9.45. The van der Waals surface area contributed by atoms with Crippen molar-refractivity contribution in [3.63, 3.8) is 0 Å². The van der Waals surface area contributed by atoms with Crippen LogP contribution in [0.3, 0.4) is 0 Å². The van der Waals surface area contributed by atoms with Gasteiger partial charge in [0.25, 0.3) is 0 Å². The average molecular weight is 299 g/mol. The van der Waals surface area contributed by atoms with Crippen LogP contribution in [-0.2, 0) is 6.42 Å². The molecule has 0 aliphatic rings. The maximum atomic E-state index is 13.0. The minimum atomic E-state index is -0.597. The first-order valence-corrected chi connectivity index (χ1v) is 6.32. The fourth-order valence-electron chi connectivity index (χ4n) is 1.76. The molecule has 1 aromatic carbocycles. The molecule has 2 aromatic rings. The summed E-state index contributed by atoms with van der Waals surface area (Å²) in [5.41, 5.74) is 7.34. The smallest absolute Gasteiger partial charge is 0.224 e. The van der Waals surface area contributed by atoms with Crippen LogP contribution >= 0.6 is 11.6 Å². The summed E-state index contributed by atoms with van der Waals surface area (Å²) in [6, 6.07) is 3.40. The normalized spacial score (nSPS) is 10.6. The summed E-state index contributed by atoms with van der Waals surface area (Å²) in [6.45, 7) is 2.13. The molecule has 3 N–H and O–H groups in total. The van der Waals surface area contributed by atoms with E-state index in [1.807, 2.05) is 0 Å². The van der Waals surface area contributed by atoms with Gasteiger partial charge in [0.2, 0.25) is 5.28 Å². The number of nitrogens with two attached hydrogens (primary N) is 1. The molecule has 0 saturated carbocycles. The second kappa shape index (κ2) is 6.00. The Morgan fingerprint density at radius 2 is 1.85 bits per heavy atom. The van der Waals surface area contributed by atoms with Crippen LogP contribution in [0.2, 0.25) is 5.28 Å². The first-order valence-electron chi connectivity index (χ1n) is 5.94. The third-order valence-corrected chi connectivity index (χ3v) is 2.91. The zero-order valence-corrected chi connectivity index (χ0v) is 11.5. The highest BCUT2D eigenvalue weighted by atomic mass is 35.5. The van der Waals surface area contributed by atoms with E-state index in [2.05, 4.69) is 15.3 Å². The van der Waals surface area contributed by atoms with Gasteiger partial charge >= 0.3 is 0 Å². The fraction of sp³-hybridized carbons (Fsp3) is 0.231. The lowest BCUT2D eigenvalue weighted by molar-refractivity contribution is 0.580. The third kappa shape index (κ3) is 3.54. The van der Waals surface area contributed by atoms with Gasteiger partial charge in [-0.1, -0.05) is 0 Å². The van der Waals surface area contributed by atoms with Crippen molar-refractivity contribution in [1.29, 1.82) is 0 Å². The molecule has 0 atom stereocenters. The maximum absolute atomic E-state index is 13.0. The van der Waals surface area contributed by atoms with Gasteiger partial charge in [0, 0.05) is 12.6 Å². The summed E-state index contributed by atoms with van der Waals surface area (Å²) in [4.78, 5) is 7.88. The van der Waals surface area contributed by atoms with E-state index in [1.54, 1.807) is 6.92 Å². The molecule has 0 aliphatic heterocycles. The molecule has 0 radical (unpaired) electrons. The van der Waals surface area contributed by atoms with Crippen molar-refractivity contribution in [3.8, 4) is 0 Å². The summed E-state index contributed by atoms with van der Waals surface area (Å²) in [6.07, 6.45) is 0.425. The highest BCUT2D eigenvalue weighted by molar-refractivity contribution is 6.28. The maximum Gasteiger partial charge on any atom is 0.224 e. The molecule has 1 aromatic heterocycles. The molecule has 0 amide bonds. The van der Waals surface area contributed by atoms with Gasteiger partial charge < -0.3 is 11.1 Å². The highest BCUT2D eigenvalue weighted by Gasteiger charge is 2.07. The lowest BCUT2D eigenvalue weighted by Gasteiger charge is -2.10. The molecule has 7 heteroatoms. The molecule has 0 bridgehead atoms. The number of anilines is 2. The van der Waals surface area contributed by atoms with Crippen LogP contribution in [0.15, 0.2) is 18.2 Å². The third-order valence-electron chi connectivity index (χ3n) is 2.74. The molecule has 20 heavy (non-hydrogen) atoms. The van der Waals surface area contributed by atoms with Gasteiger partial charge in [-0.05, 0) is 42.6 Å². The fourth-order valence-corrected chi connectivity index (χ4v) is 1.97. The Morgan fingerprint density at radius 1 is 1.20 bits per heavy atom. The molecule has 0 spiro atoms. The zero-order chi connectivity index (χ0) is 14.7. The van der Waals surface area contributed by atoms with E-state index in [4.69, 9.17) is 17.3 Å². The predicted molar refractivity (Wildman–Crippen MR) is 74.7 cm³/mol. The molecule has 0 aliphatic carbocycles. The molecule has 2 rings (SSSR count). The summed E-state index contributed by atoms with van der Waals surface area (Å²) in [5.74, 6) is -0.778. The molecule has 0 saturated heterocycles. The number of aromatic nitrogens is 2. The van der Waals surface area contributed by atoms with Crippen LogP contribution in [0, 0.1) is 18.6 Å². The average Bonchev–Trinajstić information content (AvgIpc) is 2.34. The van der Waals surface area contributed by atoms with E-state index in [-0.39, 0.29) is 5.28 Å². The molecular weight excluding hydrogens is 286 g/mol. The second-order valence-corrected chi connectivity index (χ2v) is 4.63. The highest BCUT2D eigenvalue weighted by Crippen LogP contribution is 2.20. The lowest BCUT2D eigenvalue weighted by atomic mass is 10.1. The van der Waals surface area contributed by atoms with Gasteiger partial charge in [-0.3, -0.25) is 0 Å². The Labute approximate surface area is 120 Å². The van der Waals surface area contributed by atoms with Crippen LogP contribution in [0.25, 0.3) is 0 Å². The van der Waals surface area contributed by atoms with E-state index in [0.29, 0.717) is 35.7 Å². The number of nitrogen functional groups attached to an aromatic ring is 1. The van der Waals surface area contributed by atoms with Crippen LogP contribution in [0.4, 0.5) is 20.3 Å². The topological polar surface area (TPSA) is 63.8 Å². The molecule has 0 unspecified atom stereocenters. The number of halogens is 3. The SMILES string of the molecule is Cc1nc(Cl)nc(NCCc2cc(F)cc(F)c2)c1N. The molecule has 0 fully saturated rings. The van der Waals surface area contributed by atoms with E-state index in [0.717, 1.165) is 6.07 Å². The quantitative estimate of drug-likeness (QED) is 0.852. The minimum Gasteiger partial charge on any atom is -0.394 e. The van der Waals surface area contributed by atoms with Gasteiger partial charge in [0.15, 0.2) is 5.82 Å². The lowest BCUT2D eigenvalue weighted by Crippen LogP contribution is -2.10. The number of hydrogen-bond acceptors (Lipinski definition) is 4. The summed E-state index contributed by atoms with van der Waals surface area (Å²) >= 11 is 5.74. The molecule has 1 heterocycles. The van der Waals surface area contributed by atoms with Crippen molar-refractivity contribution in [3.05, 3.63) is 46.4 Å². The van der Waals surface area contributed by atoms with E-state index >= 15 is 0 Å². The van der Waals surface area contributed by atoms with Crippen LogP contribution in [0.5, 0.6) is 0 Å². The second-order valence-electron chi connectivity index (χ2n) is 4.29. The van der Waals surface area contributed by atoms with Crippen molar-refractivity contribution in [2.45, 2.75) is 13.3 Å². The van der Waals surface area contributed by atoms with Gasteiger partial charge in [-0.15, -0.1) is 0 Å². The first kappa shape index (κ1) is 14.5. The van der Waals surface area contributed by atoms with E-state index in [9.17, 15) is 8.78 Å². The monoisotopic (exact) mass is 298 g/mol. The number of nitrogens with one attached hydrogen (secondary N) is 1. The summed E-state index contributed by atoms with van der Waals surface area (Å²) in [7, 11) is 0. The number of aryl methyl sites for hydroxylation is 1. The van der Waals surface area contributed by atoms with Crippen molar-refractivity contribution < 1.29 is 8.78 Å². The molecular formula is C13H13ClF2N4. The van der Waals surface area contributed by atoms with Crippen molar-refractivity contribution in [1.82, 2.24) is 9.97 Å². The molecule has 106 valence electrons. The van der Waals surface area contributed by atoms with Gasteiger partial charge in [0.1, 0.15) is 11.6 Å². The van der Waals surface area contributed by atoms with Gasteiger partial charge in [-0.2, -0.15) is 4.98 Å². The van der Waals surface area contributed by atoms with Crippen LogP contribution in [-0.4, -0.2) is 16.5 Å². The summed E-state index contributed by atoms with van der Waals surface area (Å²) in [5, 5.41) is 3.07. The Bertz CT molecular complexity index is 614. The van der Waals surface area contributed by atoms with Crippen molar-refractivity contribution in [2.75, 3.05) is 17.6 Å². The standard InChI is InChI=1S/C13H13ClF2N4/c1-7-11(17)12(20-13(14)19-7)18-3-2-8-4-9(15)6-10(16)5-8/h4-6H,2-3,17H2,1H3,(H,18,19,20). The zero-order valence-electron chi connectivity index (χ0n) is 10.8. The minimum absolute atomic E-state index is 0.0935. The van der Waals surface area contributed by atoms with E-state index < -0.39 is 11.6 Å². The number of rotatable bonds is 4. The summed E-state index contributed by atoms with van der Waals surface area (Å²) < 4.78 is 26.1. The Morgan fingerprint density at radius 3 is 2.50 bits per heavy atom. The van der Waals surface area contributed by atoms with Crippen LogP contribution < -0.4 is 11.1 Å². The van der Waals surface area contributed by atoms with Crippen molar-refractivity contribution >= 4 is 23.1 Å². The van der Waals surface area contributed by atoms with Gasteiger partial charge in [0.05, 0.1) is 11.4 Å². The molecule has 4 nitrogen and oxygen atoms in total. The predicted octanol–water partition coefficient (Wildman–Crippen LogP) is 2.95. The van der Waals surface area contributed by atoms with Gasteiger partial charge in [-0.25, -0.2) is 13.8 Å².